The summed E-state index contributed by atoms with van der Waals surface area (Å²) in [6.45, 7) is 10.9. The number of methoxy groups -OCH3 is 1. The lowest BCUT2D eigenvalue weighted by Crippen LogP contribution is -2.36. The van der Waals surface area contributed by atoms with Crippen LogP contribution in [0.2, 0.25) is 0 Å². The standard InChI is InChI=1S/C23H34O2/c1-17(2)9-7-10-18(3)11-8-13-23(5)14-12-20-16-21(24-6)15-19(4)22(20)25-23/h9,11,15-16H,7-8,10,12-14H2,1-6H3/t23-/m1/s1. The highest BCUT2D eigenvalue weighted by atomic mass is 16.5. The highest BCUT2D eigenvalue weighted by Crippen LogP contribution is 2.40. The van der Waals surface area contributed by atoms with Crippen LogP contribution in [0.4, 0.5) is 0 Å². The third kappa shape index (κ3) is 5.66. The summed E-state index contributed by atoms with van der Waals surface area (Å²) in [6.07, 6.45) is 11.3. The predicted molar refractivity (Wildman–Crippen MR) is 107 cm³/mol. The van der Waals surface area contributed by atoms with Gasteiger partial charge in [0.1, 0.15) is 17.1 Å². The molecule has 0 radical (unpaired) electrons. The summed E-state index contributed by atoms with van der Waals surface area (Å²) >= 11 is 0. The zero-order valence-corrected chi connectivity index (χ0v) is 16.9. The summed E-state index contributed by atoms with van der Waals surface area (Å²) in [7, 11) is 1.72. The average Bonchev–Trinajstić information content (AvgIpc) is 2.55. The molecular weight excluding hydrogens is 308 g/mol. The summed E-state index contributed by atoms with van der Waals surface area (Å²) < 4.78 is 11.8. The highest BCUT2D eigenvalue weighted by Gasteiger charge is 2.32. The fraction of sp³-hybridized carbons (Fsp3) is 0.565. The van der Waals surface area contributed by atoms with Crippen molar-refractivity contribution in [2.24, 2.45) is 0 Å². The third-order valence-electron chi connectivity index (χ3n) is 5.09. The van der Waals surface area contributed by atoms with Crippen LogP contribution in [0.25, 0.3) is 0 Å². The smallest absolute Gasteiger partial charge is 0.126 e. The Hall–Kier alpha value is -1.70. The van der Waals surface area contributed by atoms with E-state index in [1.807, 2.05) is 0 Å². The SMILES string of the molecule is COc1cc(C)c2c(c1)CC[C@@](C)(CCC=C(C)CCC=C(C)C)O2. The summed E-state index contributed by atoms with van der Waals surface area (Å²) in [5.41, 5.74) is 5.28. The van der Waals surface area contributed by atoms with E-state index >= 15 is 0 Å². The van der Waals surface area contributed by atoms with Gasteiger partial charge in [-0.1, -0.05) is 23.3 Å². The minimum absolute atomic E-state index is 0.0664. The number of hydrogen-bond acceptors (Lipinski definition) is 2. The Morgan fingerprint density at radius 2 is 1.96 bits per heavy atom. The Bertz CT molecular complexity index is 650. The first-order chi connectivity index (χ1) is 11.8. The number of ether oxygens (including phenoxy) is 2. The van der Waals surface area contributed by atoms with Gasteiger partial charge in [-0.3, -0.25) is 0 Å². The molecule has 0 aromatic heterocycles. The van der Waals surface area contributed by atoms with Crippen LogP contribution in [-0.4, -0.2) is 12.7 Å². The second kappa shape index (κ2) is 8.60. The van der Waals surface area contributed by atoms with Gasteiger partial charge in [-0.25, -0.2) is 0 Å². The van der Waals surface area contributed by atoms with Crippen molar-refractivity contribution in [3.63, 3.8) is 0 Å². The number of hydrogen-bond donors (Lipinski definition) is 0. The number of aryl methyl sites for hydroxylation is 2. The summed E-state index contributed by atoms with van der Waals surface area (Å²) in [4.78, 5) is 0. The molecule has 0 bridgehead atoms. The van der Waals surface area contributed by atoms with Gasteiger partial charge in [0.25, 0.3) is 0 Å². The number of allylic oxidation sites excluding steroid dienone is 4. The normalized spacial score (nSPS) is 19.8. The van der Waals surface area contributed by atoms with Crippen molar-refractivity contribution in [3.05, 3.63) is 46.6 Å². The fourth-order valence-electron chi connectivity index (χ4n) is 3.45. The van der Waals surface area contributed by atoms with Gasteiger partial charge in [0.2, 0.25) is 0 Å². The minimum Gasteiger partial charge on any atom is -0.497 e. The van der Waals surface area contributed by atoms with Crippen molar-refractivity contribution in [3.8, 4) is 11.5 Å². The van der Waals surface area contributed by atoms with Crippen LogP contribution in [0.1, 0.15) is 70.9 Å². The van der Waals surface area contributed by atoms with Crippen LogP contribution < -0.4 is 9.47 Å². The molecule has 0 saturated heterocycles. The quantitative estimate of drug-likeness (QED) is 0.522. The van der Waals surface area contributed by atoms with Gasteiger partial charge in [0, 0.05) is 0 Å². The van der Waals surface area contributed by atoms with E-state index in [9.17, 15) is 0 Å². The third-order valence-corrected chi connectivity index (χ3v) is 5.09. The van der Waals surface area contributed by atoms with Crippen molar-refractivity contribution < 1.29 is 9.47 Å². The number of benzene rings is 1. The lowest BCUT2D eigenvalue weighted by molar-refractivity contribution is 0.0561. The molecule has 2 nitrogen and oxygen atoms in total. The van der Waals surface area contributed by atoms with E-state index in [2.05, 4.69) is 58.9 Å². The van der Waals surface area contributed by atoms with Crippen LogP contribution in [0.3, 0.4) is 0 Å². The first-order valence-corrected chi connectivity index (χ1v) is 9.48. The molecule has 0 N–H and O–H groups in total. The molecule has 1 aromatic carbocycles. The summed E-state index contributed by atoms with van der Waals surface area (Å²) in [5.74, 6) is 2.00. The molecule has 2 heteroatoms. The second-order valence-corrected chi connectivity index (χ2v) is 7.89. The van der Waals surface area contributed by atoms with E-state index in [1.54, 1.807) is 7.11 Å². The van der Waals surface area contributed by atoms with Crippen LogP contribution in [0.15, 0.2) is 35.4 Å². The average molecular weight is 343 g/mol. The molecule has 1 heterocycles. The Morgan fingerprint density at radius 3 is 2.64 bits per heavy atom. The molecule has 0 unspecified atom stereocenters. The van der Waals surface area contributed by atoms with Gasteiger partial charge < -0.3 is 9.47 Å². The minimum atomic E-state index is -0.0664. The van der Waals surface area contributed by atoms with Crippen LogP contribution in [-0.2, 0) is 6.42 Å². The molecular formula is C23H34O2. The first kappa shape index (κ1) is 19.6. The Morgan fingerprint density at radius 1 is 1.20 bits per heavy atom. The zero-order valence-electron chi connectivity index (χ0n) is 16.9. The van der Waals surface area contributed by atoms with Crippen molar-refractivity contribution in [2.45, 2.75) is 78.7 Å². The largest absolute Gasteiger partial charge is 0.497 e. The maximum atomic E-state index is 6.45. The molecule has 2 rings (SSSR count). The summed E-state index contributed by atoms with van der Waals surface area (Å²) in [5, 5.41) is 0. The lowest BCUT2D eigenvalue weighted by atomic mass is 9.87. The maximum absolute atomic E-state index is 6.45. The molecule has 1 aromatic rings. The lowest BCUT2D eigenvalue weighted by Gasteiger charge is -2.37. The molecule has 0 saturated carbocycles. The predicted octanol–water partition coefficient (Wildman–Crippen LogP) is 6.56. The van der Waals surface area contributed by atoms with E-state index < -0.39 is 0 Å². The van der Waals surface area contributed by atoms with Gasteiger partial charge in [0.05, 0.1) is 7.11 Å². The summed E-state index contributed by atoms with van der Waals surface area (Å²) in [6, 6.07) is 4.19. The molecule has 0 spiro atoms. The van der Waals surface area contributed by atoms with Gasteiger partial charge in [-0.2, -0.15) is 0 Å². The molecule has 138 valence electrons. The Labute approximate surface area is 153 Å². The van der Waals surface area contributed by atoms with E-state index in [-0.39, 0.29) is 5.60 Å². The highest BCUT2D eigenvalue weighted by molar-refractivity contribution is 5.48. The van der Waals surface area contributed by atoms with E-state index in [0.29, 0.717) is 0 Å². The zero-order chi connectivity index (χ0) is 18.4. The molecule has 0 amide bonds. The van der Waals surface area contributed by atoms with E-state index in [1.165, 1.54) is 22.3 Å². The molecule has 25 heavy (non-hydrogen) atoms. The maximum Gasteiger partial charge on any atom is 0.126 e. The monoisotopic (exact) mass is 342 g/mol. The van der Waals surface area contributed by atoms with E-state index in [4.69, 9.17) is 9.47 Å². The fourth-order valence-corrected chi connectivity index (χ4v) is 3.45. The molecule has 0 aliphatic carbocycles. The molecule has 1 aliphatic heterocycles. The van der Waals surface area contributed by atoms with Gasteiger partial charge in [-0.05, 0) is 96.4 Å². The molecule has 1 atom stereocenters. The molecule has 0 fully saturated rings. The second-order valence-electron chi connectivity index (χ2n) is 7.89. The topological polar surface area (TPSA) is 18.5 Å². The van der Waals surface area contributed by atoms with Crippen LogP contribution in [0.5, 0.6) is 11.5 Å². The van der Waals surface area contributed by atoms with Crippen molar-refractivity contribution in [1.29, 1.82) is 0 Å². The van der Waals surface area contributed by atoms with Crippen LogP contribution >= 0.6 is 0 Å². The van der Waals surface area contributed by atoms with Crippen molar-refractivity contribution in [1.82, 2.24) is 0 Å². The van der Waals surface area contributed by atoms with Gasteiger partial charge in [0.15, 0.2) is 0 Å². The number of fused-ring (bicyclic) bond motifs is 1. The van der Waals surface area contributed by atoms with Gasteiger partial charge in [-0.15, -0.1) is 0 Å². The number of rotatable bonds is 7. The van der Waals surface area contributed by atoms with Crippen molar-refractivity contribution >= 4 is 0 Å². The molecule has 1 aliphatic rings. The van der Waals surface area contributed by atoms with E-state index in [0.717, 1.165) is 50.0 Å². The van der Waals surface area contributed by atoms with Crippen molar-refractivity contribution in [2.75, 3.05) is 7.11 Å². The van der Waals surface area contributed by atoms with Gasteiger partial charge >= 0.3 is 0 Å². The Kier molecular flexibility index (Phi) is 6.75. The first-order valence-electron chi connectivity index (χ1n) is 9.48. The Balaban J connectivity index is 1.94. The van der Waals surface area contributed by atoms with Crippen LogP contribution in [0, 0.1) is 6.92 Å².